The van der Waals surface area contributed by atoms with Gasteiger partial charge < -0.3 is 33.2 Å². The van der Waals surface area contributed by atoms with Crippen molar-refractivity contribution in [1.29, 1.82) is 0 Å². The Bertz CT molecular complexity index is 2490. The molecule has 340 valence electrons. The molecule has 7 nitrogen and oxygen atoms in total. The lowest BCUT2D eigenvalue weighted by molar-refractivity contribution is -0.378. The smallest absolute Gasteiger partial charge is 0.261 e. The van der Waals surface area contributed by atoms with Gasteiger partial charge in [-0.15, -0.1) is 0 Å². The van der Waals surface area contributed by atoms with Gasteiger partial charge in [0.25, 0.3) is 8.32 Å². The van der Waals surface area contributed by atoms with E-state index in [-0.39, 0.29) is 50.2 Å². The molecule has 9 heteroatoms. The number of hydrogen-bond donors (Lipinski definition) is 1. The molecule has 1 unspecified atom stereocenters. The molecule has 7 aromatic carbocycles. The zero-order valence-electron chi connectivity index (χ0n) is 37.9. The first-order valence-electron chi connectivity index (χ1n) is 22.7. The van der Waals surface area contributed by atoms with Crippen molar-refractivity contribution >= 4 is 18.7 Å². The molecule has 1 aliphatic heterocycles. The van der Waals surface area contributed by atoms with Crippen LogP contribution < -0.4 is 10.4 Å². The molecule has 1 heterocycles. The van der Waals surface area contributed by atoms with E-state index in [2.05, 4.69) is 45.0 Å². The highest BCUT2D eigenvalue weighted by atomic mass is 28.4. The third kappa shape index (κ3) is 11.1. The summed E-state index contributed by atoms with van der Waals surface area (Å²) in [7, 11) is -3.04. The fraction of sp³-hybridized carbons (Fsp3) is 0.263. The van der Waals surface area contributed by atoms with Gasteiger partial charge in [0.15, 0.2) is 0 Å². The van der Waals surface area contributed by atoms with Gasteiger partial charge in [0.05, 0.1) is 39.6 Å². The van der Waals surface area contributed by atoms with Gasteiger partial charge in [0.1, 0.15) is 30.2 Å². The number of halogens is 1. The van der Waals surface area contributed by atoms with E-state index >= 15 is 4.39 Å². The highest BCUT2D eigenvalue weighted by Gasteiger charge is 2.58. The molecule has 0 aromatic heterocycles. The predicted octanol–water partition coefficient (Wildman–Crippen LogP) is 10.4. The minimum atomic E-state index is -3.04. The predicted molar refractivity (Wildman–Crippen MR) is 259 cm³/mol. The highest BCUT2D eigenvalue weighted by molar-refractivity contribution is 6.99. The maximum Gasteiger partial charge on any atom is 0.261 e. The van der Waals surface area contributed by atoms with Crippen LogP contribution in [0.1, 0.15) is 54.2 Å². The Morgan fingerprint density at radius 1 is 0.515 bits per heavy atom. The van der Waals surface area contributed by atoms with Crippen LogP contribution in [0.3, 0.4) is 0 Å². The van der Waals surface area contributed by atoms with Gasteiger partial charge in [-0.1, -0.05) is 203 Å². The second-order valence-electron chi connectivity index (χ2n) is 17.9. The van der Waals surface area contributed by atoms with E-state index in [1.54, 1.807) is 6.07 Å². The van der Waals surface area contributed by atoms with Crippen molar-refractivity contribution < 1.29 is 37.6 Å². The van der Waals surface area contributed by atoms with Crippen molar-refractivity contribution in [2.45, 2.75) is 89.0 Å². The van der Waals surface area contributed by atoms with Crippen molar-refractivity contribution in [1.82, 2.24) is 0 Å². The van der Waals surface area contributed by atoms with Gasteiger partial charge in [-0.25, -0.2) is 4.39 Å². The summed E-state index contributed by atoms with van der Waals surface area (Å²) in [4.78, 5) is 0. The van der Waals surface area contributed by atoms with Crippen LogP contribution >= 0.6 is 0 Å². The summed E-state index contributed by atoms with van der Waals surface area (Å²) in [5.41, 5.74) is 4.39. The van der Waals surface area contributed by atoms with Crippen molar-refractivity contribution in [2.24, 2.45) is 0 Å². The molecule has 0 bridgehead atoms. The van der Waals surface area contributed by atoms with E-state index in [9.17, 15) is 5.11 Å². The number of benzene rings is 7. The molecule has 0 amide bonds. The maximum absolute atomic E-state index is 16.4. The van der Waals surface area contributed by atoms with Crippen LogP contribution in [-0.4, -0.2) is 44.4 Å². The third-order valence-corrected chi connectivity index (χ3v) is 17.2. The van der Waals surface area contributed by atoms with Crippen LogP contribution in [0.15, 0.2) is 200 Å². The standard InChI is InChI=1S/C57H59FO7Si/c1-56(2,3)66(50-30-18-8-19-31-50,51-32-20-9-21-33-51)64-41-47-34-48(36-49(58)35-47)57(59)55(63-40-46-28-16-7-17-29-46)54(62-39-45-26-14-6-15-27-45)53(61-38-44-24-12-5-13-25-44)52(65-57)42-60-37-43-22-10-4-11-23-43/h4-36,52-55,59H,37-42H2,1-3H3/t52-,53-,54+,55-,57?/m1/s1. The Morgan fingerprint density at radius 2 is 0.939 bits per heavy atom. The van der Waals surface area contributed by atoms with Gasteiger partial charge in [0.2, 0.25) is 5.79 Å². The number of rotatable bonds is 19. The van der Waals surface area contributed by atoms with E-state index in [1.165, 1.54) is 12.1 Å². The average Bonchev–Trinajstić information content (AvgIpc) is 3.34. The lowest BCUT2D eigenvalue weighted by Gasteiger charge is -2.50. The SMILES string of the molecule is CC(C)(C)[Si](OCc1cc(F)cc(C2(O)O[C@H](COCc3ccccc3)[C@@H](OCc3ccccc3)[C@H](OCc3ccccc3)[C@H]2OCc2ccccc2)c1)(c1ccccc1)c1ccccc1. The van der Waals surface area contributed by atoms with Crippen LogP contribution in [-0.2, 0) is 66.9 Å². The molecule has 1 N–H and O–H groups in total. The second-order valence-corrected chi connectivity index (χ2v) is 22.2. The fourth-order valence-electron chi connectivity index (χ4n) is 8.98. The van der Waals surface area contributed by atoms with Crippen LogP contribution in [0.25, 0.3) is 0 Å². The Hall–Kier alpha value is -5.59. The first-order chi connectivity index (χ1) is 32.1. The molecule has 1 saturated heterocycles. The highest BCUT2D eigenvalue weighted by Crippen LogP contribution is 2.43. The van der Waals surface area contributed by atoms with E-state index in [1.807, 2.05) is 158 Å². The van der Waals surface area contributed by atoms with E-state index in [0.29, 0.717) is 5.56 Å². The molecule has 0 spiro atoms. The van der Waals surface area contributed by atoms with Gasteiger partial charge in [-0.05, 0) is 61.4 Å². The first-order valence-corrected chi connectivity index (χ1v) is 24.6. The molecule has 1 aliphatic rings. The lowest BCUT2D eigenvalue weighted by atomic mass is 9.86. The van der Waals surface area contributed by atoms with Crippen LogP contribution in [0, 0.1) is 5.82 Å². The van der Waals surface area contributed by atoms with Crippen molar-refractivity contribution in [2.75, 3.05) is 6.61 Å². The third-order valence-electron chi connectivity index (χ3n) is 12.2. The molecular formula is C57H59FO7Si. The molecule has 66 heavy (non-hydrogen) atoms. The molecule has 5 atom stereocenters. The Morgan fingerprint density at radius 3 is 1.41 bits per heavy atom. The molecule has 0 aliphatic carbocycles. The summed E-state index contributed by atoms with van der Waals surface area (Å²) in [6.07, 6.45) is -3.88. The topological polar surface area (TPSA) is 75.6 Å². The summed E-state index contributed by atoms with van der Waals surface area (Å²) in [5.74, 6) is -2.83. The quantitative estimate of drug-likeness (QED) is 0.0811. The largest absolute Gasteiger partial charge is 0.403 e. The fourth-order valence-corrected chi connectivity index (χ4v) is 13.5. The van der Waals surface area contributed by atoms with E-state index in [0.717, 1.165) is 32.6 Å². The van der Waals surface area contributed by atoms with Crippen molar-refractivity contribution in [3.63, 3.8) is 0 Å². The monoisotopic (exact) mass is 902 g/mol. The van der Waals surface area contributed by atoms with Crippen LogP contribution in [0.2, 0.25) is 5.04 Å². The Labute approximate surface area is 389 Å². The summed E-state index contributed by atoms with van der Waals surface area (Å²) in [6, 6.07) is 64.4. The molecule has 0 radical (unpaired) electrons. The number of aliphatic hydroxyl groups is 1. The first kappa shape index (κ1) is 46.9. The normalized spacial score (nSPS) is 20.0. The van der Waals surface area contributed by atoms with Gasteiger partial charge >= 0.3 is 0 Å². The molecular weight excluding hydrogens is 844 g/mol. The number of ether oxygens (including phenoxy) is 5. The average molecular weight is 903 g/mol. The molecule has 8 rings (SSSR count). The van der Waals surface area contributed by atoms with Crippen LogP contribution in [0.4, 0.5) is 4.39 Å². The van der Waals surface area contributed by atoms with Crippen molar-refractivity contribution in [3.05, 3.63) is 239 Å². The lowest BCUT2D eigenvalue weighted by Crippen LogP contribution is -2.66. The zero-order chi connectivity index (χ0) is 45.8. The van der Waals surface area contributed by atoms with E-state index in [4.69, 9.17) is 28.1 Å². The van der Waals surface area contributed by atoms with Crippen molar-refractivity contribution in [3.8, 4) is 0 Å². The minimum absolute atomic E-state index is 0.0202. The Kier molecular flexibility index (Phi) is 15.5. The van der Waals surface area contributed by atoms with Crippen LogP contribution in [0.5, 0.6) is 0 Å². The van der Waals surface area contributed by atoms with Gasteiger partial charge in [-0.2, -0.15) is 0 Å². The summed E-state index contributed by atoms with van der Waals surface area (Å²) in [5, 5.41) is 15.3. The zero-order valence-corrected chi connectivity index (χ0v) is 38.9. The minimum Gasteiger partial charge on any atom is -0.403 e. The molecule has 0 saturated carbocycles. The summed E-state index contributed by atoms with van der Waals surface area (Å²) < 4.78 is 57.6. The summed E-state index contributed by atoms with van der Waals surface area (Å²) >= 11 is 0. The summed E-state index contributed by atoms with van der Waals surface area (Å²) in [6.45, 7) is 7.48. The molecule has 7 aromatic rings. The van der Waals surface area contributed by atoms with E-state index < -0.39 is 44.3 Å². The van der Waals surface area contributed by atoms with Gasteiger partial charge in [0, 0.05) is 5.56 Å². The molecule has 1 fully saturated rings. The maximum atomic E-state index is 16.4. The Balaban J connectivity index is 1.21. The van der Waals surface area contributed by atoms with Gasteiger partial charge in [-0.3, -0.25) is 0 Å². The number of hydrogen-bond acceptors (Lipinski definition) is 7. The second kappa shape index (κ2) is 21.8.